The zero-order valence-corrected chi connectivity index (χ0v) is 9.18. The topological polar surface area (TPSA) is 67.8 Å². The first kappa shape index (κ1) is 10.7. The van der Waals surface area contributed by atoms with Crippen LogP contribution in [0.3, 0.4) is 0 Å². The second-order valence-corrected chi connectivity index (χ2v) is 3.27. The molecule has 6 nitrogen and oxygen atoms in total. The van der Waals surface area contributed by atoms with E-state index in [4.69, 9.17) is 4.74 Å². The molecule has 2 aromatic heterocycles. The molecule has 0 bridgehead atoms. The molecule has 0 fully saturated rings. The molecule has 2 N–H and O–H groups in total. The van der Waals surface area contributed by atoms with Crippen LogP contribution in [-0.2, 0) is 11.3 Å². The lowest BCUT2D eigenvalue weighted by Gasteiger charge is -2.01. The monoisotopic (exact) mass is 221 g/mol. The van der Waals surface area contributed by atoms with Crippen LogP contribution in [0, 0.1) is 0 Å². The molecule has 2 heterocycles. The summed E-state index contributed by atoms with van der Waals surface area (Å²) in [5, 5.41) is 14.1. The number of aromatic nitrogens is 4. The van der Waals surface area contributed by atoms with Gasteiger partial charge in [0.1, 0.15) is 0 Å². The quantitative estimate of drug-likeness (QED) is 0.723. The lowest BCUT2D eigenvalue weighted by atomic mass is 10.5. The van der Waals surface area contributed by atoms with Crippen molar-refractivity contribution in [2.45, 2.75) is 13.5 Å². The Morgan fingerprint density at radius 3 is 3.25 bits per heavy atom. The number of hydrogen-bond acceptors (Lipinski definition) is 4. The molecule has 2 aromatic rings. The summed E-state index contributed by atoms with van der Waals surface area (Å²) < 4.78 is 7.09. The molecule has 6 heteroatoms. The van der Waals surface area contributed by atoms with Gasteiger partial charge in [0.15, 0.2) is 5.82 Å². The summed E-state index contributed by atoms with van der Waals surface area (Å²) in [6.45, 7) is 4.16. The number of rotatable bonds is 6. The van der Waals surface area contributed by atoms with Gasteiger partial charge in [0.25, 0.3) is 0 Å². The van der Waals surface area contributed by atoms with Crippen molar-refractivity contribution in [3.05, 3.63) is 24.7 Å². The van der Waals surface area contributed by atoms with Crippen LogP contribution in [-0.4, -0.2) is 33.2 Å². The maximum Gasteiger partial charge on any atom is 0.152 e. The summed E-state index contributed by atoms with van der Waals surface area (Å²) in [6.07, 6.45) is 5.45. The minimum absolute atomic E-state index is 0.681. The van der Waals surface area contributed by atoms with Gasteiger partial charge < -0.3 is 10.1 Å². The number of nitrogens with zero attached hydrogens (tertiary/aromatic N) is 3. The van der Waals surface area contributed by atoms with Gasteiger partial charge in [0.05, 0.1) is 25.0 Å². The average Bonchev–Trinajstić information content (AvgIpc) is 2.91. The van der Waals surface area contributed by atoms with E-state index in [0.717, 1.165) is 24.7 Å². The molecule has 0 saturated heterocycles. The Morgan fingerprint density at radius 2 is 2.50 bits per heavy atom. The predicted molar refractivity (Wildman–Crippen MR) is 60.6 cm³/mol. The molecule has 0 unspecified atom stereocenters. The van der Waals surface area contributed by atoms with E-state index in [1.165, 1.54) is 0 Å². The van der Waals surface area contributed by atoms with E-state index in [9.17, 15) is 0 Å². The third-order valence-electron chi connectivity index (χ3n) is 2.08. The molecule has 0 aliphatic rings. The number of nitrogens with one attached hydrogen (secondary N) is 2. The summed E-state index contributed by atoms with van der Waals surface area (Å²) >= 11 is 0. The number of anilines is 2. The fourth-order valence-electron chi connectivity index (χ4n) is 1.33. The minimum atomic E-state index is 0.681. The average molecular weight is 221 g/mol. The molecule has 0 atom stereocenters. The molecule has 2 rings (SSSR count). The van der Waals surface area contributed by atoms with Gasteiger partial charge in [-0.3, -0.25) is 9.78 Å². The van der Waals surface area contributed by atoms with Crippen molar-refractivity contribution >= 4 is 11.5 Å². The van der Waals surface area contributed by atoms with Gasteiger partial charge in [-0.2, -0.15) is 10.2 Å². The van der Waals surface area contributed by atoms with Crippen LogP contribution < -0.4 is 5.32 Å². The Balaban J connectivity index is 1.87. The highest BCUT2D eigenvalue weighted by Gasteiger charge is 1.99. The molecule has 0 aliphatic carbocycles. The van der Waals surface area contributed by atoms with E-state index < -0.39 is 0 Å². The SMILES string of the molecule is CCOCCn1cc(Nc2cc[nH]n2)cn1. The number of ether oxygens (including phenoxy) is 1. The molecule has 0 aliphatic heterocycles. The molecular weight excluding hydrogens is 206 g/mol. The molecule has 0 amide bonds. The zero-order valence-electron chi connectivity index (χ0n) is 9.18. The Bertz CT molecular complexity index is 409. The second-order valence-electron chi connectivity index (χ2n) is 3.27. The maximum atomic E-state index is 5.25. The Morgan fingerprint density at radius 1 is 1.56 bits per heavy atom. The molecule has 0 saturated carbocycles. The zero-order chi connectivity index (χ0) is 11.2. The number of H-pyrrole nitrogens is 1. The highest BCUT2D eigenvalue weighted by atomic mass is 16.5. The lowest BCUT2D eigenvalue weighted by Crippen LogP contribution is -2.05. The molecule has 86 valence electrons. The van der Waals surface area contributed by atoms with E-state index in [1.807, 2.05) is 23.9 Å². The van der Waals surface area contributed by atoms with Gasteiger partial charge in [-0.1, -0.05) is 0 Å². The Labute approximate surface area is 93.6 Å². The smallest absolute Gasteiger partial charge is 0.152 e. The normalized spacial score (nSPS) is 10.6. The van der Waals surface area contributed by atoms with Crippen LogP contribution >= 0.6 is 0 Å². The molecule has 0 aromatic carbocycles. The fraction of sp³-hybridized carbons (Fsp3) is 0.400. The van der Waals surface area contributed by atoms with Gasteiger partial charge in [0, 0.05) is 25.1 Å². The van der Waals surface area contributed by atoms with Gasteiger partial charge in [-0.05, 0) is 6.92 Å². The summed E-state index contributed by atoms with van der Waals surface area (Å²) in [4.78, 5) is 0. The van der Waals surface area contributed by atoms with Crippen LogP contribution in [0.4, 0.5) is 11.5 Å². The molecular formula is C10H15N5O. The third-order valence-corrected chi connectivity index (χ3v) is 2.08. The van der Waals surface area contributed by atoms with Crippen molar-refractivity contribution in [2.75, 3.05) is 18.5 Å². The lowest BCUT2D eigenvalue weighted by molar-refractivity contribution is 0.136. The first-order valence-electron chi connectivity index (χ1n) is 5.25. The van der Waals surface area contributed by atoms with E-state index >= 15 is 0 Å². The van der Waals surface area contributed by atoms with Crippen molar-refractivity contribution in [2.24, 2.45) is 0 Å². The van der Waals surface area contributed by atoms with E-state index in [1.54, 1.807) is 12.4 Å². The van der Waals surface area contributed by atoms with Crippen molar-refractivity contribution in [3.8, 4) is 0 Å². The third kappa shape index (κ3) is 2.83. The Kier molecular flexibility index (Phi) is 3.55. The second kappa shape index (κ2) is 5.32. The number of hydrogen-bond donors (Lipinski definition) is 2. The fourth-order valence-corrected chi connectivity index (χ4v) is 1.33. The van der Waals surface area contributed by atoms with Gasteiger partial charge in [-0.15, -0.1) is 0 Å². The largest absolute Gasteiger partial charge is 0.380 e. The van der Waals surface area contributed by atoms with Crippen molar-refractivity contribution in [1.29, 1.82) is 0 Å². The maximum absolute atomic E-state index is 5.25. The van der Waals surface area contributed by atoms with E-state index in [-0.39, 0.29) is 0 Å². The van der Waals surface area contributed by atoms with Gasteiger partial charge >= 0.3 is 0 Å². The first-order valence-corrected chi connectivity index (χ1v) is 5.25. The summed E-state index contributed by atoms with van der Waals surface area (Å²) in [7, 11) is 0. The highest BCUT2D eigenvalue weighted by molar-refractivity contribution is 5.52. The molecule has 0 spiro atoms. The Hall–Kier alpha value is -1.82. The predicted octanol–water partition coefficient (Wildman–Crippen LogP) is 1.39. The molecule has 16 heavy (non-hydrogen) atoms. The molecule has 0 radical (unpaired) electrons. The van der Waals surface area contributed by atoms with Gasteiger partial charge in [0.2, 0.25) is 0 Å². The van der Waals surface area contributed by atoms with E-state index in [0.29, 0.717) is 6.61 Å². The van der Waals surface area contributed by atoms with Crippen molar-refractivity contribution in [3.63, 3.8) is 0 Å². The van der Waals surface area contributed by atoms with Crippen LogP contribution in [0.1, 0.15) is 6.92 Å². The summed E-state index contributed by atoms with van der Waals surface area (Å²) in [5.74, 6) is 0.782. The highest BCUT2D eigenvalue weighted by Crippen LogP contribution is 2.11. The van der Waals surface area contributed by atoms with Crippen LogP contribution in [0.15, 0.2) is 24.7 Å². The van der Waals surface area contributed by atoms with Gasteiger partial charge in [-0.25, -0.2) is 0 Å². The summed E-state index contributed by atoms with van der Waals surface area (Å²) in [6, 6.07) is 1.86. The minimum Gasteiger partial charge on any atom is -0.380 e. The first-order chi connectivity index (χ1) is 7.88. The van der Waals surface area contributed by atoms with Crippen LogP contribution in [0.25, 0.3) is 0 Å². The van der Waals surface area contributed by atoms with Crippen LogP contribution in [0.2, 0.25) is 0 Å². The van der Waals surface area contributed by atoms with E-state index in [2.05, 4.69) is 20.6 Å². The van der Waals surface area contributed by atoms with Crippen molar-refractivity contribution < 1.29 is 4.74 Å². The number of aromatic amines is 1. The summed E-state index contributed by atoms with van der Waals surface area (Å²) in [5.41, 5.74) is 0.920. The van der Waals surface area contributed by atoms with Crippen molar-refractivity contribution in [1.82, 2.24) is 20.0 Å². The standard InChI is InChI=1S/C10H15N5O/c1-2-16-6-5-15-8-9(7-12-15)13-10-3-4-11-14-10/h3-4,7-8H,2,5-6H2,1H3,(H2,11,13,14). The van der Waals surface area contributed by atoms with Crippen LogP contribution in [0.5, 0.6) is 0 Å².